The van der Waals surface area contributed by atoms with Crippen LogP contribution in [0.4, 0.5) is 0 Å². The number of ketones is 1. The smallest absolute Gasteiger partial charge is 0.193 e. The van der Waals surface area contributed by atoms with E-state index in [1.54, 1.807) is 18.2 Å². The van der Waals surface area contributed by atoms with Gasteiger partial charge in [0.2, 0.25) is 0 Å². The molecule has 96 valence electrons. The topological polar surface area (TPSA) is 26.3 Å². The van der Waals surface area contributed by atoms with Gasteiger partial charge in [-0.15, -0.1) is 0 Å². The first-order valence-corrected chi connectivity index (χ1v) is 7.01. The number of hydrogen-bond donors (Lipinski definition) is 0. The van der Waals surface area contributed by atoms with Crippen LogP contribution in [0.2, 0.25) is 5.02 Å². The van der Waals surface area contributed by atoms with E-state index in [2.05, 4.69) is 15.9 Å². The fourth-order valence-corrected chi connectivity index (χ4v) is 2.61. The molecule has 0 radical (unpaired) electrons. The van der Waals surface area contributed by atoms with Crippen LogP contribution in [-0.4, -0.2) is 5.78 Å². The Labute approximate surface area is 124 Å². The molecule has 0 amide bonds. The summed E-state index contributed by atoms with van der Waals surface area (Å²) in [5, 5.41) is 0.596. The van der Waals surface area contributed by atoms with Crippen molar-refractivity contribution in [3.8, 4) is 0 Å². The molecule has 1 heterocycles. The molecular formula is C15H10BrClO2. The zero-order chi connectivity index (χ0) is 13.4. The van der Waals surface area contributed by atoms with E-state index in [-0.39, 0.29) is 5.78 Å². The Balaban J connectivity index is 1.97. The summed E-state index contributed by atoms with van der Waals surface area (Å²) >= 11 is 9.27. The minimum absolute atomic E-state index is 0.00735. The first kappa shape index (κ1) is 12.9. The second-order valence-corrected chi connectivity index (χ2v) is 5.70. The Bertz CT molecular complexity index is 667. The van der Waals surface area contributed by atoms with Gasteiger partial charge in [-0.3, -0.25) is 4.79 Å². The van der Waals surface area contributed by atoms with Gasteiger partial charge >= 0.3 is 0 Å². The number of halogens is 2. The van der Waals surface area contributed by atoms with Crippen molar-refractivity contribution in [1.82, 2.24) is 0 Å². The number of rotatable bonds is 2. The Hall–Kier alpha value is -1.16. The monoisotopic (exact) mass is 336 g/mol. The lowest BCUT2D eigenvalue weighted by Crippen LogP contribution is -2.02. The third kappa shape index (κ3) is 2.46. The molecule has 0 bridgehead atoms. The first-order chi connectivity index (χ1) is 9.15. The summed E-state index contributed by atoms with van der Waals surface area (Å²) in [5.41, 5.74) is 3.56. The summed E-state index contributed by atoms with van der Waals surface area (Å²) < 4.78 is 6.08. The SMILES string of the molecule is O=C(c1ccc(Cl)c(Br)c1)c1ccc2c(c1)COC2. The number of carbonyl (C=O) groups is 1. The van der Waals surface area contributed by atoms with Crippen LogP contribution in [0.1, 0.15) is 27.0 Å². The van der Waals surface area contributed by atoms with Crippen LogP contribution in [0, 0.1) is 0 Å². The first-order valence-electron chi connectivity index (χ1n) is 5.84. The second-order valence-electron chi connectivity index (χ2n) is 4.43. The van der Waals surface area contributed by atoms with Gasteiger partial charge in [-0.1, -0.05) is 23.7 Å². The van der Waals surface area contributed by atoms with Gasteiger partial charge in [-0.05, 0) is 51.3 Å². The number of benzene rings is 2. The van der Waals surface area contributed by atoms with E-state index in [4.69, 9.17) is 16.3 Å². The lowest BCUT2D eigenvalue weighted by molar-refractivity contribution is 0.103. The number of hydrogen-bond acceptors (Lipinski definition) is 2. The Morgan fingerprint density at radius 2 is 1.74 bits per heavy atom. The molecule has 0 spiro atoms. The predicted octanol–water partition coefficient (Wildman–Crippen LogP) is 4.36. The molecule has 4 heteroatoms. The van der Waals surface area contributed by atoms with E-state index in [9.17, 15) is 4.79 Å². The highest BCUT2D eigenvalue weighted by molar-refractivity contribution is 9.10. The molecule has 0 unspecified atom stereocenters. The molecule has 3 rings (SSSR count). The fraction of sp³-hybridized carbons (Fsp3) is 0.133. The molecule has 2 aromatic rings. The minimum atomic E-state index is -0.00735. The predicted molar refractivity (Wildman–Crippen MR) is 77.5 cm³/mol. The maximum Gasteiger partial charge on any atom is 0.193 e. The van der Waals surface area contributed by atoms with Crippen molar-refractivity contribution < 1.29 is 9.53 Å². The molecule has 0 saturated heterocycles. The van der Waals surface area contributed by atoms with Crippen LogP contribution in [0.25, 0.3) is 0 Å². The Morgan fingerprint density at radius 3 is 2.53 bits per heavy atom. The summed E-state index contributed by atoms with van der Waals surface area (Å²) in [6.45, 7) is 1.22. The lowest BCUT2D eigenvalue weighted by Gasteiger charge is -2.05. The van der Waals surface area contributed by atoms with Crippen LogP contribution in [-0.2, 0) is 18.0 Å². The van der Waals surface area contributed by atoms with Gasteiger partial charge in [0.15, 0.2) is 5.78 Å². The highest BCUT2D eigenvalue weighted by atomic mass is 79.9. The molecule has 0 aliphatic carbocycles. The van der Waals surface area contributed by atoms with Crippen LogP contribution in [0.15, 0.2) is 40.9 Å². The third-order valence-electron chi connectivity index (χ3n) is 3.17. The Morgan fingerprint density at radius 1 is 1.05 bits per heavy atom. The lowest BCUT2D eigenvalue weighted by atomic mass is 9.99. The van der Waals surface area contributed by atoms with E-state index in [0.29, 0.717) is 29.4 Å². The highest BCUT2D eigenvalue weighted by Gasteiger charge is 2.16. The summed E-state index contributed by atoms with van der Waals surface area (Å²) in [7, 11) is 0. The number of carbonyl (C=O) groups excluding carboxylic acids is 1. The third-order valence-corrected chi connectivity index (χ3v) is 4.38. The van der Waals surface area contributed by atoms with E-state index >= 15 is 0 Å². The summed E-state index contributed by atoms with van der Waals surface area (Å²) in [6.07, 6.45) is 0. The standard InChI is InChI=1S/C15H10BrClO2/c16-13-6-10(3-4-14(13)17)15(18)9-1-2-11-7-19-8-12(11)5-9/h1-6H,7-8H2. The highest BCUT2D eigenvalue weighted by Crippen LogP contribution is 2.26. The maximum atomic E-state index is 12.4. The van der Waals surface area contributed by atoms with Gasteiger partial charge in [-0.25, -0.2) is 0 Å². The van der Waals surface area contributed by atoms with Gasteiger partial charge in [0.1, 0.15) is 0 Å². The van der Waals surface area contributed by atoms with Crippen molar-refractivity contribution in [3.63, 3.8) is 0 Å². The largest absolute Gasteiger partial charge is 0.372 e. The van der Waals surface area contributed by atoms with Gasteiger partial charge in [0.25, 0.3) is 0 Å². The quantitative estimate of drug-likeness (QED) is 0.761. The zero-order valence-corrected chi connectivity index (χ0v) is 12.3. The van der Waals surface area contributed by atoms with Crippen molar-refractivity contribution in [3.05, 3.63) is 68.1 Å². The summed E-state index contributed by atoms with van der Waals surface area (Å²) in [4.78, 5) is 12.4. The fourth-order valence-electron chi connectivity index (χ4n) is 2.12. The van der Waals surface area contributed by atoms with E-state index < -0.39 is 0 Å². The van der Waals surface area contributed by atoms with Crippen LogP contribution in [0.3, 0.4) is 0 Å². The van der Waals surface area contributed by atoms with Gasteiger partial charge in [-0.2, -0.15) is 0 Å². The maximum absolute atomic E-state index is 12.4. The second kappa shape index (κ2) is 5.08. The van der Waals surface area contributed by atoms with Crippen molar-refractivity contribution in [2.45, 2.75) is 13.2 Å². The van der Waals surface area contributed by atoms with E-state index in [1.165, 1.54) is 0 Å². The molecule has 0 aromatic heterocycles. The van der Waals surface area contributed by atoms with Gasteiger partial charge in [0.05, 0.1) is 18.2 Å². The molecule has 2 nitrogen and oxygen atoms in total. The average Bonchev–Trinajstić information content (AvgIpc) is 2.88. The average molecular weight is 338 g/mol. The molecular weight excluding hydrogens is 328 g/mol. The van der Waals surface area contributed by atoms with E-state index in [0.717, 1.165) is 15.6 Å². The normalized spacial score (nSPS) is 13.4. The van der Waals surface area contributed by atoms with Crippen molar-refractivity contribution in [1.29, 1.82) is 0 Å². The molecule has 0 N–H and O–H groups in total. The molecule has 19 heavy (non-hydrogen) atoms. The van der Waals surface area contributed by atoms with Crippen LogP contribution >= 0.6 is 27.5 Å². The molecule has 0 fully saturated rings. The number of ether oxygens (including phenoxy) is 1. The van der Waals surface area contributed by atoms with Crippen molar-refractivity contribution in [2.24, 2.45) is 0 Å². The van der Waals surface area contributed by atoms with Gasteiger partial charge < -0.3 is 4.74 Å². The van der Waals surface area contributed by atoms with Crippen molar-refractivity contribution in [2.75, 3.05) is 0 Å². The van der Waals surface area contributed by atoms with Crippen LogP contribution < -0.4 is 0 Å². The molecule has 0 atom stereocenters. The number of fused-ring (bicyclic) bond motifs is 1. The Kier molecular flexibility index (Phi) is 3.44. The van der Waals surface area contributed by atoms with Gasteiger partial charge in [0, 0.05) is 15.6 Å². The molecule has 2 aromatic carbocycles. The molecule has 1 aliphatic rings. The molecule has 0 saturated carbocycles. The summed E-state index contributed by atoms with van der Waals surface area (Å²) in [5.74, 6) is -0.00735. The van der Waals surface area contributed by atoms with Crippen molar-refractivity contribution >= 4 is 33.3 Å². The zero-order valence-electron chi connectivity index (χ0n) is 9.95. The molecule has 1 aliphatic heterocycles. The minimum Gasteiger partial charge on any atom is -0.372 e. The van der Waals surface area contributed by atoms with E-state index in [1.807, 2.05) is 18.2 Å². The van der Waals surface area contributed by atoms with Crippen LogP contribution in [0.5, 0.6) is 0 Å². The summed E-state index contributed by atoms with van der Waals surface area (Å²) in [6, 6.07) is 10.9.